The van der Waals surface area contributed by atoms with E-state index in [0.717, 1.165) is 17.7 Å². The first-order valence-electron chi connectivity index (χ1n) is 20.0. The lowest BCUT2D eigenvalue weighted by Gasteiger charge is -2.34. The van der Waals surface area contributed by atoms with Crippen LogP contribution in [0.4, 0.5) is 19.0 Å². The highest BCUT2D eigenvalue weighted by Crippen LogP contribution is 2.37. The number of likely N-dealkylation sites (tertiary alicyclic amines) is 2. The molecule has 3 atom stereocenters. The number of hydrogen-bond donors (Lipinski definition) is 4. The van der Waals surface area contributed by atoms with Crippen LogP contribution in [0.1, 0.15) is 49.3 Å². The number of carbonyl (C=O) groups excluding carboxylic acids is 5. The molecule has 1 aliphatic carbocycles. The molecule has 1 saturated carbocycles. The SMILES string of the molecule is CN1C(=O)C[C@H](C(=O)NCCOCCOCCOCCC(=O)NC2CC(C(=O)NCCN3CC[C@H](Nc4ncnc5ccc(C(F)(F)F)cc45)C3=O)C2)[C@H]1c1cccnc1. The topological polar surface area (TPSA) is 206 Å². The summed E-state index contributed by atoms with van der Waals surface area (Å²) < 4.78 is 56.4. The highest BCUT2D eigenvalue weighted by atomic mass is 19.4. The number of halogens is 3. The van der Waals surface area contributed by atoms with Gasteiger partial charge in [-0.3, -0.25) is 29.0 Å². The van der Waals surface area contributed by atoms with Gasteiger partial charge in [0.25, 0.3) is 0 Å². The number of carbonyl (C=O) groups is 5. The van der Waals surface area contributed by atoms with Gasteiger partial charge in [-0.05, 0) is 49.1 Å². The number of pyridine rings is 1. The molecular formula is C40H50F3N9O8. The Morgan fingerprint density at radius 2 is 1.65 bits per heavy atom. The van der Waals surface area contributed by atoms with E-state index in [9.17, 15) is 37.1 Å². The molecule has 2 aliphatic heterocycles. The van der Waals surface area contributed by atoms with Crippen LogP contribution in [0.15, 0.2) is 49.1 Å². The Morgan fingerprint density at radius 1 is 0.917 bits per heavy atom. The minimum absolute atomic E-state index is 0.0896. The number of aromatic nitrogens is 3. The van der Waals surface area contributed by atoms with Crippen molar-refractivity contribution in [3.63, 3.8) is 0 Å². The summed E-state index contributed by atoms with van der Waals surface area (Å²) in [6.45, 7) is 3.00. The largest absolute Gasteiger partial charge is 0.416 e. The molecule has 17 nitrogen and oxygen atoms in total. The van der Waals surface area contributed by atoms with Gasteiger partial charge in [-0.2, -0.15) is 13.2 Å². The normalized spacial score (nSPS) is 21.6. The molecule has 3 aliphatic rings. The lowest BCUT2D eigenvalue weighted by molar-refractivity contribution is -0.137. The second-order valence-electron chi connectivity index (χ2n) is 14.9. The third-order valence-electron chi connectivity index (χ3n) is 10.8. The standard InChI is InChI=1S/C40H50F3N9O8/c1-51-34(54)22-30(35(51)25-3-2-8-44-23-25)38(56)46-10-14-59-16-18-60-17-15-58-13-7-33(53)49-28-19-26(20-28)37(55)45-9-12-52-11-6-32(39(52)57)50-36-29-21-27(40(41,42)43)4-5-31(29)47-24-48-36/h2-5,8,21,23-24,26,28,30,32,35H,6-7,9-20,22H2,1H3,(H,45,55)(H,46,56)(H,49,53)(H,47,48,50)/t26?,28?,30-,32-,35+/m0/s1. The lowest BCUT2D eigenvalue weighted by atomic mass is 9.79. The van der Waals surface area contributed by atoms with Crippen LogP contribution in [0, 0.1) is 11.8 Å². The van der Waals surface area contributed by atoms with E-state index in [1.807, 2.05) is 6.07 Å². The minimum atomic E-state index is -4.54. The average Bonchev–Trinajstić information content (AvgIpc) is 3.72. The van der Waals surface area contributed by atoms with Gasteiger partial charge in [0.05, 0.1) is 62.7 Å². The molecule has 3 fully saturated rings. The van der Waals surface area contributed by atoms with Gasteiger partial charge in [-0.25, -0.2) is 9.97 Å². The molecule has 3 aromatic rings. The fraction of sp³-hybridized carbons (Fsp3) is 0.550. The van der Waals surface area contributed by atoms with Crippen molar-refractivity contribution in [1.82, 2.24) is 40.7 Å². The molecule has 0 radical (unpaired) electrons. The summed E-state index contributed by atoms with van der Waals surface area (Å²) in [6, 6.07) is 5.67. The van der Waals surface area contributed by atoms with Crippen molar-refractivity contribution >= 4 is 46.3 Å². The summed E-state index contributed by atoms with van der Waals surface area (Å²) >= 11 is 0. The zero-order valence-electron chi connectivity index (χ0n) is 33.2. The number of hydrogen-bond acceptors (Lipinski definition) is 12. The fourth-order valence-corrected chi connectivity index (χ4v) is 7.51. The molecule has 0 bridgehead atoms. The summed E-state index contributed by atoms with van der Waals surface area (Å²) in [6.07, 6.45) is 1.74. The fourth-order valence-electron chi connectivity index (χ4n) is 7.51. The maximum absolute atomic E-state index is 13.3. The number of anilines is 1. The smallest absolute Gasteiger partial charge is 0.379 e. The van der Waals surface area contributed by atoms with E-state index >= 15 is 0 Å². The van der Waals surface area contributed by atoms with Gasteiger partial charge in [0.1, 0.15) is 18.2 Å². The molecule has 1 aromatic carbocycles. The number of nitrogens with one attached hydrogen (secondary N) is 4. The van der Waals surface area contributed by atoms with Crippen molar-refractivity contribution in [1.29, 1.82) is 0 Å². The number of nitrogens with zero attached hydrogens (tertiary/aromatic N) is 5. The molecule has 4 heterocycles. The number of fused-ring (bicyclic) bond motifs is 1. The summed E-state index contributed by atoms with van der Waals surface area (Å²) in [7, 11) is 1.69. The molecule has 5 amide bonds. The molecule has 60 heavy (non-hydrogen) atoms. The van der Waals surface area contributed by atoms with Gasteiger partial charge in [0.15, 0.2) is 0 Å². The summed E-state index contributed by atoms with van der Waals surface area (Å²) in [5.74, 6) is -1.48. The zero-order valence-corrected chi connectivity index (χ0v) is 33.2. The monoisotopic (exact) mass is 841 g/mol. The van der Waals surface area contributed by atoms with Crippen molar-refractivity contribution < 1.29 is 51.4 Å². The number of alkyl halides is 3. The molecular weight excluding hydrogens is 791 g/mol. The minimum Gasteiger partial charge on any atom is -0.379 e. The summed E-state index contributed by atoms with van der Waals surface area (Å²) in [5.41, 5.74) is 0.296. The number of rotatable bonds is 21. The van der Waals surface area contributed by atoms with Crippen LogP contribution in [0.5, 0.6) is 0 Å². The Labute approximate surface area is 344 Å². The van der Waals surface area contributed by atoms with Gasteiger partial charge in [0, 0.05) is 75.8 Å². The van der Waals surface area contributed by atoms with Crippen LogP contribution in [0.2, 0.25) is 0 Å². The Kier molecular flexibility index (Phi) is 15.2. The third kappa shape index (κ3) is 11.6. The maximum atomic E-state index is 13.3. The second kappa shape index (κ2) is 20.7. The molecule has 2 aromatic heterocycles. The second-order valence-corrected chi connectivity index (χ2v) is 14.9. The van der Waals surface area contributed by atoms with Crippen molar-refractivity contribution in [3.05, 3.63) is 60.2 Å². The van der Waals surface area contributed by atoms with Gasteiger partial charge in [-0.15, -0.1) is 0 Å². The van der Waals surface area contributed by atoms with Crippen LogP contribution in [-0.2, 0) is 44.4 Å². The number of benzene rings is 1. The van der Waals surface area contributed by atoms with Crippen molar-refractivity contribution in [2.24, 2.45) is 11.8 Å². The first-order chi connectivity index (χ1) is 28.9. The first kappa shape index (κ1) is 44.1. The van der Waals surface area contributed by atoms with Crippen molar-refractivity contribution in [2.75, 3.05) is 78.2 Å². The quantitative estimate of drug-likeness (QED) is 0.114. The first-order valence-corrected chi connectivity index (χ1v) is 20.0. The van der Waals surface area contributed by atoms with Gasteiger partial charge >= 0.3 is 6.18 Å². The lowest BCUT2D eigenvalue weighted by Crippen LogP contribution is -2.50. The number of ether oxygens (including phenoxy) is 3. The van der Waals surface area contributed by atoms with Crippen LogP contribution in [0.3, 0.4) is 0 Å². The van der Waals surface area contributed by atoms with Crippen LogP contribution < -0.4 is 21.3 Å². The summed E-state index contributed by atoms with van der Waals surface area (Å²) in [4.78, 5) is 78.5. The van der Waals surface area contributed by atoms with Gasteiger partial charge in [0.2, 0.25) is 29.5 Å². The Morgan fingerprint density at radius 3 is 2.38 bits per heavy atom. The van der Waals surface area contributed by atoms with E-state index in [4.69, 9.17) is 14.2 Å². The predicted octanol–water partition coefficient (Wildman–Crippen LogP) is 1.84. The molecule has 324 valence electrons. The Hall–Kier alpha value is -5.47. The Bertz CT molecular complexity index is 1970. The molecule has 4 N–H and O–H groups in total. The van der Waals surface area contributed by atoms with E-state index < -0.39 is 23.7 Å². The molecule has 2 saturated heterocycles. The van der Waals surface area contributed by atoms with Crippen LogP contribution >= 0.6 is 0 Å². The highest BCUT2D eigenvalue weighted by molar-refractivity contribution is 5.93. The summed E-state index contributed by atoms with van der Waals surface area (Å²) in [5, 5.41) is 11.8. The van der Waals surface area contributed by atoms with Gasteiger partial charge in [-0.1, -0.05) is 6.07 Å². The zero-order chi connectivity index (χ0) is 42.6. The van der Waals surface area contributed by atoms with Crippen molar-refractivity contribution in [3.8, 4) is 0 Å². The van der Waals surface area contributed by atoms with E-state index in [2.05, 4.69) is 36.2 Å². The predicted molar refractivity (Wildman–Crippen MR) is 209 cm³/mol. The van der Waals surface area contributed by atoms with Gasteiger partial charge < -0.3 is 45.3 Å². The molecule has 0 unspecified atom stereocenters. The van der Waals surface area contributed by atoms with Crippen molar-refractivity contribution in [2.45, 2.75) is 56.4 Å². The molecule has 0 spiro atoms. The average molecular weight is 842 g/mol. The van der Waals surface area contributed by atoms with Crippen LogP contribution in [0.25, 0.3) is 10.9 Å². The van der Waals surface area contributed by atoms with E-state index in [1.54, 1.807) is 35.3 Å². The molecule has 6 rings (SSSR count). The maximum Gasteiger partial charge on any atom is 0.416 e. The van der Waals surface area contributed by atoms with E-state index in [1.165, 1.54) is 12.4 Å². The number of amides is 5. The third-order valence-corrected chi connectivity index (χ3v) is 10.8. The Balaban J connectivity index is 0.747. The molecule has 20 heteroatoms. The highest BCUT2D eigenvalue weighted by Gasteiger charge is 2.43. The van der Waals surface area contributed by atoms with E-state index in [-0.39, 0.29) is 97.9 Å². The van der Waals surface area contributed by atoms with E-state index in [0.29, 0.717) is 64.3 Å². The van der Waals surface area contributed by atoms with Crippen LogP contribution in [-0.4, -0.2) is 139 Å².